The van der Waals surface area contributed by atoms with E-state index in [0.717, 1.165) is 29.7 Å². The Morgan fingerprint density at radius 3 is 2.68 bits per heavy atom. The summed E-state index contributed by atoms with van der Waals surface area (Å²) in [6.07, 6.45) is -1.99. The smallest absolute Gasteiger partial charge is 0.369 e. The summed E-state index contributed by atoms with van der Waals surface area (Å²) in [6.45, 7) is 8.67. The van der Waals surface area contributed by atoms with Crippen LogP contribution in [0.15, 0.2) is 41.5 Å². The van der Waals surface area contributed by atoms with Crippen LogP contribution in [0, 0.1) is 6.92 Å². The quantitative estimate of drug-likeness (QED) is 0.518. The van der Waals surface area contributed by atoms with Crippen molar-refractivity contribution >= 4 is 17.8 Å². The molecule has 0 saturated heterocycles. The molecule has 1 atom stereocenters. The third kappa shape index (κ3) is 5.09. The molecule has 0 aromatic heterocycles. The average molecular weight is 432 g/mol. The first kappa shape index (κ1) is 22.8. The zero-order chi connectivity index (χ0) is 23.0. The van der Waals surface area contributed by atoms with Crippen molar-refractivity contribution in [3.05, 3.63) is 64.2 Å². The number of halogens is 3. The largest absolute Gasteiger partial charge is 0.416 e. The van der Waals surface area contributed by atoms with Gasteiger partial charge in [0.15, 0.2) is 0 Å². The minimum atomic E-state index is -4.44. The number of hydrazone groups is 1. The molecule has 1 amide bonds. The normalized spacial score (nSPS) is 18.2. The van der Waals surface area contributed by atoms with Crippen molar-refractivity contribution in [3.8, 4) is 0 Å². The predicted molar refractivity (Wildman–Crippen MR) is 118 cm³/mol. The Balaban J connectivity index is 1.71. The van der Waals surface area contributed by atoms with E-state index in [1.54, 1.807) is 6.21 Å². The van der Waals surface area contributed by atoms with Gasteiger partial charge < -0.3 is 4.90 Å². The topological polar surface area (TPSA) is 44.7 Å². The number of hydrogen-bond acceptors (Lipinski definition) is 3. The van der Waals surface area contributed by atoms with E-state index in [0.29, 0.717) is 5.92 Å². The molecule has 31 heavy (non-hydrogen) atoms. The first-order valence-corrected chi connectivity index (χ1v) is 10.2. The van der Waals surface area contributed by atoms with Crippen molar-refractivity contribution in [1.82, 2.24) is 5.43 Å². The second-order valence-corrected chi connectivity index (χ2v) is 8.91. The number of aryl methyl sites for hydroxylation is 1. The van der Waals surface area contributed by atoms with Crippen LogP contribution in [0.3, 0.4) is 0 Å². The highest BCUT2D eigenvalue weighted by Crippen LogP contribution is 2.43. The van der Waals surface area contributed by atoms with E-state index in [9.17, 15) is 18.0 Å². The minimum absolute atomic E-state index is 0.0753. The van der Waals surface area contributed by atoms with Crippen LogP contribution in [-0.2, 0) is 17.4 Å². The molecule has 0 fully saturated rings. The highest BCUT2D eigenvalue weighted by atomic mass is 19.4. The first-order chi connectivity index (χ1) is 14.4. The lowest BCUT2D eigenvalue weighted by Gasteiger charge is -2.45. The third-order valence-corrected chi connectivity index (χ3v) is 6.03. The zero-order valence-corrected chi connectivity index (χ0v) is 18.5. The molecule has 1 heterocycles. The maximum Gasteiger partial charge on any atom is 0.416 e. The van der Waals surface area contributed by atoms with E-state index in [4.69, 9.17) is 0 Å². The molecule has 7 heteroatoms. The predicted octanol–water partition coefficient (Wildman–Crippen LogP) is 5.43. The van der Waals surface area contributed by atoms with Crippen LogP contribution in [-0.4, -0.2) is 24.7 Å². The van der Waals surface area contributed by atoms with Crippen molar-refractivity contribution in [1.29, 1.82) is 0 Å². The first-order valence-electron chi connectivity index (χ1n) is 10.2. The van der Waals surface area contributed by atoms with E-state index in [1.165, 1.54) is 23.4 Å². The molecule has 0 radical (unpaired) electrons. The van der Waals surface area contributed by atoms with Crippen molar-refractivity contribution in [2.45, 2.75) is 58.2 Å². The Labute approximate surface area is 181 Å². The lowest BCUT2D eigenvalue weighted by molar-refractivity contribution is -0.137. The number of anilines is 1. The van der Waals surface area contributed by atoms with Crippen molar-refractivity contribution < 1.29 is 18.0 Å². The van der Waals surface area contributed by atoms with E-state index >= 15 is 0 Å². The molecule has 0 saturated carbocycles. The minimum Gasteiger partial charge on any atom is -0.369 e. The number of rotatable bonds is 4. The number of alkyl halides is 3. The van der Waals surface area contributed by atoms with Crippen LogP contribution < -0.4 is 10.3 Å². The van der Waals surface area contributed by atoms with Gasteiger partial charge in [0.2, 0.25) is 5.91 Å². The Bertz CT molecular complexity index is 1010. The number of nitrogens with one attached hydrogen (secondary N) is 1. The van der Waals surface area contributed by atoms with Crippen LogP contribution >= 0.6 is 0 Å². The molecular formula is C24H28F3N3O. The monoisotopic (exact) mass is 431 g/mol. The van der Waals surface area contributed by atoms with Crippen molar-refractivity contribution in [3.63, 3.8) is 0 Å². The number of hydrogen-bond donors (Lipinski definition) is 1. The van der Waals surface area contributed by atoms with Gasteiger partial charge in [-0.15, -0.1) is 0 Å². The van der Waals surface area contributed by atoms with Crippen molar-refractivity contribution in [2.24, 2.45) is 5.10 Å². The van der Waals surface area contributed by atoms with Gasteiger partial charge in [0, 0.05) is 18.3 Å². The highest BCUT2D eigenvalue weighted by Gasteiger charge is 2.34. The van der Waals surface area contributed by atoms with Gasteiger partial charge in [-0.05, 0) is 73.6 Å². The summed E-state index contributed by atoms with van der Waals surface area (Å²) in [6, 6.07) is 8.99. The number of carbonyl (C=O) groups excluding carboxylic acids is 1. The lowest BCUT2D eigenvalue weighted by atomic mass is 9.79. The standard InChI is InChI=1S/C24H28F3N3O/c1-15-9-21-20(16(2)13-23(3,4)30(21)5)12-18(15)14-28-29-22(31)11-17-7-6-8-19(10-17)24(25,26)27/h6-10,12,14,16H,11,13H2,1-5H3,(H,29,31)/b28-14+. The maximum atomic E-state index is 12.8. The van der Waals surface area contributed by atoms with Crippen LogP contribution in [0.2, 0.25) is 0 Å². The lowest BCUT2D eigenvalue weighted by Crippen LogP contribution is -2.45. The molecule has 1 N–H and O–H groups in total. The van der Waals surface area contributed by atoms with Gasteiger partial charge in [-0.1, -0.05) is 25.1 Å². The van der Waals surface area contributed by atoms with E-state index < -0.39 is 17.6 Å². The molecule has 3 rings (SSSR count). The molecule has 2 aromatic rings. The molecule has 166 valence electrons. The highest BCUT2D eigenvalue weighted by molar-refractivity contribution is 5.86. The number of carbonyl (C=O) groups is 1. The number of nitrogens with zero attached hydrogens (tertiary/aromatic N) is 2. The number of amides is 1. The molecule has 2 aromatic carbocycles. The van der Waals surface area contributed by atoms with Gasteiger partial charge >= 0.3 is 6.18 Å². The Morgan fingerprint density at radius 2 is 2.00 bits per heavy atom. The average Bonchev–Trinajstić information content (AvgIpc) is 2.66. The Kier molecular flexibility index (Phi) is 6.16. The molecule has 0 bridgehead atoms. The van der Waals surface area contributed by atoms with E-state index in [-0.39, 0.29) is 17.5 Å². The van der Waals surface area contributed by atoms with Crippen LogP contribution in [0.25, 0.3) is 0 Å². The summed E-state index contributed by atoms with van der Waals surface area (Å²) in [7, 11) is 2.10. The summed E-state index contributed by atoms with van der Waals surface area (Å²) in [5.74, 6) is -0.0783. The van der Waals surface area contributed by atoms with Gasteiger partial charge in [0.25, 0.3) is 0 Å². The fraction of sp³-hybridized carbons (Fsp3) is 0.417. The SMILES string of the molecule is Cc1cc2c(cc1/C=N/NC(=O)Cc1cccc(C(F)(F)F)c1)C(C)CC(C)(C)N2C. The second kappa shape index (κ2) is 8.36. The van der Waals surface area contributed by atoms with Gasteiger partial charge in [0.05, 0.1) is 18.2 Å². The molecule has 1 aliphatic rings. The molecule has 0 spiro atoms. The summed E-state index contributed by atoms with van der Waals surface area (Å²) < 4.78 is 38.5. The van der Waals surface area contributed by atoms with Gasteiger partial charge in [-0.2, -0.15) is 18.3 Å². The third-order valence-electron chi connectivity index (χ3n) is 6.03. The second-order valence-electron chi connectivity index (χ2n) is 8.91. The fourth-order valence-corrected chi connectivity index (χ4v) is 4.13. The van der Waals surface area contributed by atoms with Crippen LogP contribution in [0.1, 0.15) is 60.9 Å². The van der Waals surface area contributed by atoms with Gasteiger partial charge in [-0.25, -0.2) is 5.43 Å². The van der Waals surface area contributed by atoms with E-state index in [1.807, 2.05) is 6.92 Å². The molecule has 0 aliphatic carbocycles. The number of benzene rings is 2. The van der Waals surface area contributed by atoms with Gasteiger partial charge in [0.1, 0.15) is 0 Å². The molecule has 1 unspecified atom stereocenters. The Hall–Kier alpha value is -2.83. The van der Waals surface area contributed by atoms with Crippen LogP contribution in [0.4, 0.5) is 18.9 Å². The summed E-state index contributed by atoms with van der Waals surface area (Å²) in [5, 5.41) is 4.03. The Morgan fingerprint density at radius 1 is 1.29 bits per heavy atom. The fourth-order valence-electron chi connectivity index (χ4n) is 4.13. The molecule has 1 aliphatic heterocycles. The summed E-state index contributed by atoms with van der Waals surface area (Å²) in [5.41, 5.74) is 6.38. The summed E-state index contributed by atoms with van der Waals surface area (Å²) in [4.78, 5) is 14.4. The van der Waals surface area contributed by atoms with Crippen LogP contribution in [0.5, 0.6) is 0 Å². The number of fused-ring (bicyclic) bond motifs is 1. The van der Waals surface area contributed by atoms with Gasteiger partial charge in [-0.3, -0.25) is 4.79 Å². The van der Waals surface area contributed by atoms with Crippen molar-refractivity contribution in [2.75, 3.05) is 11.9 Å². The molecular weight excluding hydrogens is 403 g/mol. The zero-order valence-electron chi connectivity index (χ0n) is 18.5. The molecule has 4 nitrogen and oxygen atoms in total. The van der Waals surface area contributed by atoms with E-state index in [2.05, 4.69) is 55.4 Å². The maximum absolute atomic E-state index is 12.8. The summed E-state index contributed by atoms with van der Waals surface area (Å²) >= 11 is 0.